The van der Waals surface area contributed by atoms with E-state index in [-0.39, 0.29) is 109 Å². The zero-order valence-electron chi connectivity index (χ0n) is 56.5. The summed E-state index contributed by atoms with van der Waals surface area (Å²) in [6.45, 7) is -10.4. The van der Waals surface area contributed by atoms with E-state index in [0.29, 0.717) is 0 Å². The highest BCUT2D eigenvalue weighted by Crippen LogP contribution is 2.42. The van der Waals surface area contributed by atoms with Crippen LogP contribution >= 0.6 is 226 Å². The van der Waals surface area contributed by atoms with E-state index >= 15 is 14.4 Å². The third-order valence-electron chi connectivity index (χ3n) is 15.2. The summed E-state index contributed by atoms with van der Waals surface area (Å²) in [5, 5.41) is 160. The first-order valence-corrected chi connectivity index (χ1v) is 42.3. The minimum atomic E-state index is -2.13. The fourth-order valence-corrected chi connectivity index (χ4v) is 24.2. The second-order valence-corrected chi connectivity index (χ2v) is 34.8. The zero-order valence-corrected chi connectivity index (χ0v) is 78.1. The van der Waals surface area contributed by atoms with Crippen LogP contribution < -0.4 is 63.7 Å². The van der Waals surface area contributed by atoms with Crippen LogP contribution in [0.4, 0.5) is 17.1 Å². The fraction of sp³-hybridized carbons (Fsp3) is 0.500. The van der Waals surface area contributed by atoms with E-state index in [1.165, 1.54) is 0 Å². The molecule has 1 aromatic heterocycles. The molecular formula is C60H74I10N12O26. The van der Waals surface area contributed by atoms with Crippen molar-refractivity contribution in [2.24, 2.45) is 0 Å². The number of rotatable bonds is 39. The van der Waals surface area contributed by atoms with Gasteiger partial charge in [-0.3, -0.25) is 43.2 Å². The average molecular weight is 2650 g/mol. The van der Waals surface area contributed by atoms with E-state index in [0.717, 1.165) is 35.5 Å². The molecule has 0 aliphatic carbocycles. The highest BCUT2D eigenvalue weighted by molar-refractivity contribution is 14.1. The Morgan fingerprint density at radius 3 is 0.639 bits per heavy atom. The molecule has 600 valence electrons. The molecular weight excluding hydrogens is 2570 g/mol. The van der Waals surface area contributed by atoms with Crippen LogP contribution in [0.1, 0.15) is 82.9 Å². The summed E-state index contributed by atoms with van der Waals surface area (Å²) >= 11 is 17.0. The lowest BCUT2D eigenvalue weighted by atomic mass is 10.1. The maximum Gasteiger partial charge on any atom is 0.336 e. The predicted molar refractivity (Wildman–Crippen MR) is 469 cm³/mol. The lowest BCUT2D eigenvalue weighted by molar-refractivity contribution is -0.117. The van der Waals surface area contributed by atoms with Gasteiger partial charge in [-0.2, -0.15) is 0 Å². The number of nitrogens with zero attached hydrogens (tertiary/aromatic N) is 6. The summed E-state index contributed by atoms with van der Waals surface area (Å²) in [6.07, 6.45) is -13.7. The lowest BCUT2D eigenvalue weighted by Gasteiger charge is -2.30. The van der Waals surface area contributed by atoms with Crippen molar-refractivity contribution in [1.82, 2.24) is 45.6 Å². The van der Waals surface area contributed by atoms with Crippen molar-refractivity contribution in [1.29, 1.82) is 0 Å². The van der Waals surface area contributed by atoms with Crippen molar-refractivity contribution in [3.8, 4) is 0 Å². The number of halogens is 10. The Bertz CT molecular complexity index is 3610. The number of nitrogens with one attached hydrogen (secondary N) is 6. The first-order valence-electron chi connectivity index (χ1n) is 31.4. The number of alkyl halides is 1. The molecule has 1 heterocycles. The number of benzene rings is 3. The molecule has 0 aliphatic rings. The molecule has 4 rings (SSSR count). The number of hydrogen-bond acceptors (Lipinski definition) is 26. The molecule has 108 heavy (non-hydrogen) atoms. The minimum absolute atomic E-state index is 0.00812. The van der Waals surface area contributed by atoms with Gasteiger partial charge in [0.25, 0.3) is 35.4 Å². The summed E-state index contributed by atoms with van der Waals surface area (Å²) in [5.74, 6) is -8.30. The number of aromatic nitrogens is 3. The van der Waals surface area contributed by atoms with Gasteiger partial charge < -0.3 is 118 Å². The molecule has 9 atom stereocenters. The van der Waals surface area contributed by atoms with E-state index < -0.39 is 228 Å². The maximum absolute atomic E-state index is 15.1. The molecule has 0 fully saturated rings. The van der Waals surface area contributed by atoms with E-state index in [2.05, 4.69) is 31.9 Å². The molecule has 4 aromatic rings. The maximum atomic E-state index is 15.1. The largest absolute Gasteiger partial charge is 0.395 e. The van der Waals surface area contributed by atoms with Crippen LogP contribution in [0.15, 0.2) is 14.4 Å². The smallest absolute Gasteiger partial charge is 0.336 e. The normalized spacial score (nSPS) is 13.9. The van der Waals surface area contributed by atoms with Gasteiger partial charge in [0.1, 0.15) is 0 Å². The van der Waals surface area contributed by atoms with Gasteiger partial charge in [-0.25, -0.2) is 28.1 Å². The Morgan fingerprint density at radius 1 is 0.306 bits per heavy atom. The van der Waals surface area contributed by atoms with E-state index in [1.54, 1.807) is 203 Å². The molecule has 0 saturated heterocycles. The van der Waals surface area contributed by atoms with Crippen molar-refractivity contribution >= 4 is 296 Å². The van der Waals surface area contributed by atoms with Gasteiger partial charge in [-0.05, 0) is 203 Å². The second kappa shape index (κ2) is 46.1. The quantitative estimate of drug-likeness (QED) is 0.0149. The van der Waals surface area contributed by atoms with Gasteiger partial charge in [0, 0.05) is 70.8 Å². The number of hydrogen-bond donors (Lipinski definition) is 20. The highest BCUT2D eigenvalue weighted by Gasteiger charge is 2.38. The summed E-state index contributed by atoms with van der Waals surface area (Å²) in [5.41, 5.74) is -7.14. The van der Waals surface area contributed by atoms with Crippen molar-refractivity contribution < 1.29 is 115 Å². The molecule has 0 radical (unpaired) electrons. The Kier molecular flexibility index (Phi) is 42.0. The summed E-state index contributed by atoms with van der Waals surface area (Å²) < 4.78 is -0.202. The summed E-state index contributed by atoms with van der Waals surface area (Å²) in [6, 6.07) is 0. The van der Waals surface area contributed by atoms with Crippen LogP contribution in [0.5, 0.6) is 0 Å². The number of carbonyl (C=O) groups excluding carboxylic acids is 9. The molecule has 0 spiro atoms. The lowest BCUT2D eigenvalue weighted by Crippen LogP contribution is -2.58. The number of aliphatic hydroxyl groups excluding tert-OH is 14. The molecule has 0 bridgehead atoms. The monoisotopic (exact) mass is 2650 g/mol. The van der Waals surface area contributed by atoms with Crippen molar-refractivity contribution in [3.05, 3.63) is 97.0 Å². The van der Waals surface area contributed by atoms with Gasteiger partial charge in [0.15, 0.2) is 0 Å². The number of amides is 9. The van der Waals surface area contributed by atoms with E-state index in [1.807, 2.05) is 22.6 Å². The van der Waals surface area contributed by atoms with Crippen molar-refractivity contribution in [3.63, 3.8) is 0 Å². The van der Waals surface area contributed by atoms with Crippen LogP contribution in [0.2, 0.25) is 0 Å². The topological polar surface area (TPSA) is 585 Å². The molecule has 9 amide bonds. The van der Waals surface area contributed by atoms with Gasteiger partial charge in [0.05, 0.1) is 204 Å². The number of carbonyl (C=O) groups is 9. The fourth-order valence-electron chi connectivity index (χ4n) is 9.75. The Morgan fingerprint density at radius 2 is 0.481 bits per heavy atom. The van der Waals surface area contributed by atoms with Crippen LogP contribution in [0, 0.1) is 32.1 Å². The third-order valence-corrected chi connectivity index (χ3v) is 25.5. The molecule has 3 aromatic carbocycles. The molecule has 0 saturated carbocycles. The first kappa shape index (κ1) is 98.4. The van der Waals surface area contributed by atoms with Crippen LogP contribution in [-0.2, 0) is 34.0 Å². The molecule has 9 unspecified atom stereocenters. The third kappa shape index (κ3) is 25.5. The summed E-state index contributed by atoms with van der Waals surface area (Å²) in [4.78, 5) is 174. The molecule has 20 N–H and O–H groups in total. The molecule has 48 heteroatoms. The van der Waals surface area contributed by atoms with Crippen LogP contribution in [0.25, 0.3) is 0 Å². The molecule has 0 aliphatic heterocycles. The number of aliphatic hydroxyl groups is 14. The van der Waals surface area contributed by atoms with E-state index in [9.17, 15) is 115 Å². The Labute approximate surface area is 749 Å². The highest BCUT2D eigenvalue weighted by atomic mass is 127. The van der Waals surface area contributed by atoms with Gasteiger partial charge in [0.2, 0.25) is 17.7 Å². The van der Waals surface area contributed by atoms with Crippen molar-refractivity contribution in [2.45, 2.75) is 93.2 Å². The van der Waals surface area contributed by atoms with Crippen LogP contribution in [-0.4, -0.2) is 290 Å². The predicted octanol–water partition coefficient (Wildman–Crippen LogP) is -4.20. The zero-order chi connectivity index (χ0) is 82.0. The van der Waals surface area contributed by atoms with Gasteiger partial charge in [-0.15, -0.1) is 0 Å². The average Bonchev–Trinajstić information content (AvgIpc) is 0.774. The number of anilines is 3. The van der Waals surface area contributed by atoms with E-state index in [4.69, 9.17) is 0 Å². The Hall–Kier alpha value is -1.96. The Balaban J connectivity index is 2.09. The second-order valence-electron chi connectivity index (χ2n) is 23.4. The first-order chi connectivity index (χ1) is 50.5. The minimum Gasteiger partial charge on any atom is -0.395 e. The summed E-state index contributed by atoms with van der Waals surface area (Å²) in [7, 11) is 0. The SMILES string of the molecule is CC(=O)N(CC(O)Cn1c(=O)n(CC(O)CN(C(C)=O)c2c(I)c(C(=O)NCC(O)CO)c(I)c(C(=O)NCC(O)CO)c2I)c(=O)n(CC(O)CN(C(C)=O)c2c(I)c(C(=O)NCC(O)CO)c(I)c(C(=O)NCC(I)CO)c2I)c1=O)c1c(I)c(C(=O)NCC(O)CO)c(I)c(C(=O)NCC(O)CO)c1I. The van der Waals surface area contributed by atoms with Crippen LogP contribution in [0.3, 0.4) is 0 Å². The standard InChI is InChI=1S/C60H74I10N12O26/c1-22(89)77(49-43(65)34(52(100)71-4-25(61)16-83)40(62)35(44(49)66)53(101)72-5-26(92)17-84)10-31(97)13-80-58(106)81(14-32(98)11-78(23(2)90)50-45(67)36(54(102)73-6-27(93)18-85)41(63)37(46(50)68)55(103)74-7-28(94)19-86)60(108)82(59(80)107)15-33(99)12-79(24(3)91)51-47(69)38(56(104)75-8-29(95)20-87)42(64)39(48(51)70)57(105)76-9-30(96)21-88/h25-33,83-88,92-99H,4-21H2,1-3H3,(H,71,100)(H,72,101)(H,73,102)(H,74,103)(H,75,104)(H,76,105). The van der Waals surface area contributed by atoms with Crippen molar-refractivity contribution in [2.75, 3.05) is 113 Å². The van der Waals surface area contributed by atoms with Gasteiger partial charge in [-0.1, -0.05) is 22.6 Å². The van der Waals surface area contributed by atoms with Gasteiger partial charge >= 0.3 is 17.1 Å². The molecule has 38 nitrogen and oxygen atoms in total.